The number of likely N-dealkylation sites (tertiary alicyclic amines) is 1. The maximum Gasteiger partial charge on any atom is 0.242 e. The number of nitrogens with one attached hydrogen (secondary N) is 2. The Labute approximate surface area is 168 Å². The lowest BCUT2D eigenvalue weighted by Gasteiger charge is -2.56. The van der Waals surface area contributed by atoms with Crippen molar-refractivity contribution in [3.05, 3.63) is 0 Å². The molecule has 3 amide bonds. The summed E-state index contributed by atoms with van der Waals surface area (Å²) in [5.41, 5.74) is -0.178. The third-order valence-corrected chi connectivity index (χ3v) is 7.56. The van der Waals surface area contributed by atoms with Crippen LogP contribution >= 0.6 is 0 Å². The minimum Gasteiger partial charge on any atom is -0.354 e. The highest BCUT2D eigenvalue weighted by Gasteiger charge is 2.56. The average molecular weight is 390 g/mol. The molecule has 0 aromatic carbocycles. The fourth-order valence-electron chi connectivity index (χ4n) is 6.65. The Morgan fingerprint density at radius 1 is 0.964 bits per heavy atom. The van der Waals surface area contributed by atoms with Gasteiger partial charge in [-0.1, -0.05) is 13.8 Å². The molecular formula is C22H35N3O3. The van der Waals surface area contributed by atoms with Gasteiger partial charge < -0.3 is 15.5 Å². The van der Waals surface area contributed by atoms with Crippen LogP contribution < -0.4 is 10.6 Å². The largest absolute Gasteiger partial charge is 0.354 e. The Morgan fingerprint density at radius 2 is 1.54 bits per heavy atom. The van der Waals surface area contributed by atoms with Gasteiger partial charge in [-0.05, 0) is 69.1 Å². The van der Waals surface area contributed by atoms with E-state index in [1.165, 1.54) is 19.3 Å². The highest BCUT2D eigenvalue weighted by Crippen LogP contribution is 2.60. The van der Waals surface area contributed by atoms with Crippen LogP contribution in [0.5, 0.6) is 0 Å². The van der Waals surface area contributed by atoms with Crippen molar-refractivity contribution < 1.29 is 14.4 Å². The second-order valence-electron chi connectivity index (χ2n) is 10.1. The van der Waals surface area contributed by atoms with E-state index < -0.39 is 0 Å². The number of hydrogen-bond acceptors (Lipinski definition) is 3. The molecule has 5 aliphatic rings. The van der Waals surface area contributed by atoms with E-state index in [2.05, 4.69) is 10.6 Å². The van der Waals surface area contributed by atoms with Crippen LogP contribution in [0.2, 0.25) is 0 Å². The second kappa shape index (κ2) is 7.68. The molecule has 6 nitrogen and oxygen atoms in total. The van der Waals surface area contributed by atoms with Crippen LogP contribution in [-0.2, 0) is 14.4 Å². The highest BCUT2D eigenvalue weighted by molar-refractivity contribution is 5.91. The van der Waals surface area contributed by atoms with E-state index in [9.17, 15) is 14.4 Å². The van der Waals surface area contributed by atoms with Crippen molar-refractivity contribution in [2.45, 2.75) is 71.3 Å². The topological polar surface area (TPSA) is 78.5 Å². The molecule has 28 heavy (non-hydrogen) atoms. The zero-order chi connectivity index (χ0) is 19.9. The van der Waals surface area contributed by atoms with Crippen molar-refractivity contribution in [1.82, 2.24) is 15.5 Å². The Hall–Kier alpha value is -1.59. The lowest BCUT2D eigenvalue weighted by Crippen LogP contribution is -2.57. The molecule has 2 N–H and O–H groups in total. The molecular weight excluding hydrogens is 354 g/mol. The first-order chi connectivity index (χ1) is 13.4. The third-order valence-electron chi connectivity index (χ3n) is 7.56. The number of hydrogen-bond donors (Lipinski definition) is 2. The monoisotopic (exact) mass is 389 g/mol. The van der Waals surface area contributed by atoms with Crippen LogP contribution in [0.15, 0.2) is 0 Å². The number of rotatable bonds is 6. The summed E-state index contributed by atoms with van der Waals surface area (Å²) in [7, 11) is 0. The number of carbonyl (C=O) groups excluding carboxylic acids is 3. The SMILES string of the molecule is CC(C)C(=O)NCCNC(=O)C1CCCN1C(=O)C12CC3CC(CC(C3)C1)C2. The summed E-state index contributed by atoms with van der Waals surface area (Å²) in [6, 6.07) is -0.332. The summed E-state index contributed by atoms with van der Waals surface area (Å²) < 4.78 is 0. The van der Waals surface area contributed by atoms with Crippen LogP contribution in [-0.4, -0.2) is 48.3 Å². The zero-order valence-corrected chi connectivity index (χ0v) is 17.3. The second-order valence-corrected chi connectivity index (χ2v) is 10.1. The first-order valence-electron chi connectivity index (χ1n) is 11.2. The normalized spacial score (nSPS) is 36.0. The van der Waals surface area contributed by atoms with Crippen molar-refractivity contribution in [2.75, 3.05) is 19.6 Å². The number of amides is 3. The quantitative estimate of drug-likeness (QED) is 0.683. The molecule has 1 unspecified atom stereocenters. The van der Waals surface area contributed by atoms with Crippen molar-refractivity contribution in [3.8, 4) is 0 Å². The summed E-state index contributed by atoms with van der Waals surface area (Å²) in [5, 5.41) is 5.75. The van der Waals surface area contributed by atoms with Crippen molar-refractivity contribution in [2.24, 2.45) is 29.1 Å². The summed E-state index contributed by atoms with van der Waals surface area (Å²) in [5.74, 6) is 2.33. The Kier molecular flexibility index (Phi) is 5.41. The molecule has 1 heterocycles. The molecule has 4 bridgehead atoms. The lowest BCUT2D eigenvalue weighted by molar-refractivity contribution is -0.160. The molecule has 0 radical (unpaired) electrons. The maximum absolute atomic E-state index is 13.6. The van der Waals surface area contributed by atoms with E-state index in [1.807, 2.05) is 18.7 Å². The first-order valence-corrected chi connectivity index (χ1v) is 11.2. The Balaban J connectivity index is 1.34. The van der Waals surface area contributed by atoms with Gasteiger partial charge in [0.1, 0.15) is 6.04 Å². The van der Waals surface area contributed by atoms with Gasteiger partial charge >= 0.3 is 0 Å². The standard InChI is InChI=1S/C22H35N3O3/c1-14(2)19(26)23-5-6-24-20(27)18-4-3-7-25(18)21(28)22-11-15-8-16(12-22)10-17(9-15)13-22/h14-18H,3-13H2,1-2H3,(H,23,26)(H,24,27). The van der Waals surface area contributed by atoms with Gasteiger partial charge in [0.25, 0.3) is 0 Å². The van der Waals surface area contributed by atoms with Crippen molar-refractivity contribution in [1.29, 1.82) is 0 Å². The molecule has 156 valence electrons. The van der Waals surface area contributed by atoms with E-state index >= 15 is 0 Å². The molecule has 5 fully saturated rings. The molecule has 0 aromatic rings. The van der Waals surface area contributed by atoms with Gasteiger partial charge in [0.05, 0.1) is 5.41 Å². The van der Waals surface area contributed by atoms with Gasteiger partial charge in [0.15, 0.2) is 0 Å². The van der Waals surface area contributed by atoms with Gasteiger partial charge in [-0.15, -0.1) is 0 Å². The van der Waals surface area contributed by atoms with Crippen LogP contribution in [0.3, 0.4) is 0 Å². The smallest absolute Gasteiger partial charge is 0.242 e. The van der Waals surface area contributed by atoms with Crippen LogP contribution in [0.4, 0.5) is 0 Å². The van der Waals surface area contributed by atoms with Gasteiger partial charge in [0.2, 0.25) is 17.7 Å². The van der Waals surface area contributed by atoms with Crippen molar-refractivity contribution >= 4 is 17.7 Å². The molecule has 1 atom stereocenters. The average Bonchev–Trinajstić information content (AvgIpc) is 3.12. The van der Waals surface area contributed by atoms with Crippen LogP contribution in [0.1, 0.15) is 65.2 Å². The van der Waals surface area contributed by atoms with Gasteiger partial charge in [-0.2, -0.15) is 0 Å². The fourth-order valence-corrected chi connectivity index (χ4v) is 6.65. The van der Waals surface area contributed by atoms with Crippen molar-refractivity contribution in [3.63, 3.8) is 0 Å². The lowest BCUT2D eigenvalue weighted by atomic mass is 9.49. The zero-order valence-electron chi connectivity index (χ0n) is 17.3. The van der Waals surface area contributed by atoms with E-state index in [4.69, 9.17) is 0 Å². The van der Waals surface area contributed by atoms with E-state index in [-0.39, 0.29) is 35.1 Å². The molecule has 0 spiro atoms. The minimum atomic E-state index is -0.332. The minimum absolute atomic E-state index is 0.00580. The summed E-state index contributed by atoms with van der Waals surface area (Å²) in [4.78, 5) is 39.9. The predicted molar refractivity (Wildman–Crippen MR) is 106 cm³/mol. The number of carbonyl (C=O) groups is 3. The molecule has 0 aromatic heterocycles. The van der Waals surface area contributed by atoms with E-state index in [1.54, 1.807) is 0 Å². The fraction of sp³-hybridized carbons (Fsp3) is 0.864. The Morgan fingerprint density at radius 3 is 2.11 bits per heavy atom. The summed E-state index contributed by atoms with van der Waals surface area (Å²) in [6.07, 6.45) is 8.75. The molecule has 5 rings (SSSR count). The van der Waals surface area contributed by atoms with Gasteiger partial charge in [-0.3, -0.25) is 14.4 Å². The first kappa shape index (κ1) is 19.7. The molecule has 6 heteroatoms. The van der Waals surface area contributed by atoms with E-state index in [0.717, 1.165) is 49.9 Å². The van der Waals surface area contributed by atoms with E-state index in [0.29, 0.717) is 19.6 Å². The summed E-state index contributed by atoms with van der Waals surface area (Å²) >= 11 is 0. The Bertz CT molecular complexity index is 610. The molecule has 1 aliphatic heterocycles. The number of nitrogens with zero attached hydrogens (tertiary/aromatic N) is 1. The third kappa shape index (κ3) is 3.67. The van der Waals surface area contributed by atoms with Crippen LogP contribution in [0.25, 0.3) is 0 Å². The van der Waals surface area contributed by atoms with Gasteiger partial charge in [-0.25, -0.2) is 0 Å². The molecule has 4 saturated carbocycles. The predicted octanol–water partition coefficient (Wildman–Crippen LogP) is 2.08. The summed E-state index contributed by atoms with van der Waals surface area (Å²) in [6.45, 7) is 5.25. The molecule has 1 saturated heterocycles. The highest BCUT2D eigenvalue weighted by atomic mass is 16.2. The maximum atomic E-state index is 13.6. The molecule has 4 aliphatic carbocycles. The van der Waals surface area contributed by atoms with Crippen LogP contribution in [0, 0.1) is 29.1 Å². The van der Waals surface area contributed by atoms with Gasteiger partial charge in [0, 0.05) is 25.6 Å².